The first-order valence-corrected chi connectivity index (χ1v) is 15.2. The minimum absolute atomic E-state index is 0.0416. The Morgan fingerprint density at radius 3 is 2.30 bits per heavy atom. The third-order valence-electron chi connectivity index (χ3n) is 7.56. The number of benzene rings is 3. The Bertz CT molecular complexity index is 1550. The van der Waals surface area contributed by atoms with E-state index < -0.39 is 0 Å². The summed E-state index contributed by atoms with van der Waals surface area (Å²) in [6.07, 6.45) is 0. The van der Waals surface area contributed by atoms with Gasteiger partial charge in [0.1, 0.15) is 23.1 Å². The third kappa shape index (κ3) is 7.33. The zero-order chi connectivity index (χ0) is 29.6. The molecule has 9 nitrogen and oxygen atoms in total. The van der Waals surface area contributed by atoms with Crippen molar-refractivity contribution < 1.29 is 23.8 Å². The summed E-state index contributed by atoms with van der Waals surface area (Å²) in [5, 5.41) is 2.71. The van der Waals surface area contributed by atoms with Crippen LogP contribution in [0.5, 0.6) is 17.2 Å². The second-order valence-corrected chi connectivity index (χ2v) is 11.6. The number of carbonyl (C=O) groups is 2. The van der Waals surface area contributed by atoms with Crippen molar-refractivity contribution in [1.82, 2.24) is 19.7 Å². The van der Waals surface area contributed by atoms with E-state index in [9.17, 15) is 9.59 Å². The van der Waals surface area contributed by atoms with E-state index in [-0.39, 0.29) is 18.6 Å². The number of amides is 2. The van der Waals surface area contributed by atoms with Gasteiger partial charge in [-0.2, -0.15) is 0 Å². The Hall–Kier alpha value is -4.41. The van der Waals surface area contributed by atoms with Gasteiger partial charge in [-0.25, -0.2) is 4.98 Å². The second kappa shape index (κ2) is 13.3. The number of carbonyl (C=O) groups excluding carboxylic acids is 2. The first kappa shape index (κ1) is 28.7. The van der Waals surface area contributed by atoms with Gasteiger partial charge in [-0.15, -0.1) is 11.3 Å². The molecule has 0 bridgehead atoms. The Kier molecular flexibility index (Phi) is 8.85. The molecule has 2 aliphatic heterocycles. The topological polar surface area (TPSA) is 84.4 Å². The monoisotopic (exact) mass is 598 g/mol. The number of aromatic nitrogens is 1. The van der Waals surface area contributed by atoms with E-state index in [1.54, 1.807) is 16.7 Å². The molecule has 3 heterocycles. The number of thiazole rings is 1. The summed E-state index contributed by atoms with van der Waals surface area (Å²) < 4.78 is 17.1. The van der Waals surface area contributed by atoms with Crippen molar-refractivity contribution in [2.75, 3.05) is 33.0 Å². The fourth-order valence-corrected chi connectivity index (χ4v) is 6.02. The van der Waals surface area contributed by atoms with E-state index in [4.69, 9.17) is 19.2 Å². The molecule has 0 saturated carbocycles. The lowest BCUT2D eigenvalue weighted by atomic mass is 10.1. The van der Waals surface area contributed by atoms with E-state index in [1.807, 2.05) is 47.8 Å². The Morgan fingerprint density at radius 1 is 0.837 bits per heavy atom. The molecule has 0 spiro atoms. The zero-order valence-corrected chi connectivity index (χ0v) is 24.9. The number of ether oxygens (including phenoxy) is 3. The Morgan fingerprint density at radius 2 is 1.53 bits per heavy atom. The third-order valence-corrected chi connectivity index (χ3v) is 8.40. The molecule has 6 rings (SSSR count). The van der Waals surface area contributed by atoms with Gasteiger partial charge in [0.15, 0.2) is 11.5 Å². The molecule has 0 radical (unpaired) electrons. The maximum atomic E-state index is 13.2. The highest BCUT2D eigenvalue weighted by molar-refractivity contribution is 7.09. The van der Waals surface area contributed by atoms with Crippen molar-refractivity contribution >= 4 is 23.2 Å². The van der Waals surface area contributed by atoms with Gasteiger partial charge in [0.05, 0.1) is 6.54 Å². The average Bonchev–Trinajstić information content (AvgIpc) is 3.70. The van der Waals surface area contributed by atoms with Gasteiger partial charge in [0, 0.05) is 51.6 Å². The molecule has 0 aliphatic carbocycles. The summed E-state index contributed by atoms with van der Waals surface area (Å²) in [7, 11) is 0. The Balaban J connectivity index is 1.13. The summed E-state index contributed by atoms with van der Waals surface area (Å²) in [5.41, 5.74) is 3.83. The number of hydrogen-bond donors (Lipinski definition) is 0. The summed E-state index contributed by atoms with van der Waals surface area (Å²) in [4.78, 5) is 35.4. The normalized spacial score (nSPS) is 14.3. The van der Waals surface area contributed by atoms with Crippen LogP contribution in [0.15, 0.2) is 78.2 Å². The summed E-state index contributed by atoms with van der Waals surface area (Å²) in [6, 6.07) is 24.3. The summed E-state index contributed by atoms with van der Waals surface area (Å²) >= 11 is 1.49. The standard InChI is InChI=1S/C33H34N4O5S/c1-24(38)36-13-15-37(16-14-36)33(39)29-22-43-32(34-29)20-35(19-27-9-12-30-31(17-27)42-23-41-30)18-25-7-10-28(11-8-25)40-21-26-5-3-2-4-6-26/h2-12,17,22H,13-16,18-21,23H2,1H3. The van der Waals surface area contributed by atoms with Crippen LogP contribution >= 0.6 is 11.3 Å². The number of rotatable bonds is 10. The lowest BCUT2D eigenvalue weighted by Gasteiger charge is -2.33. The van der Waals surface area contributed by atoms with Crippen LogP contribution in [0.25, 0.3) is 0 Å². The predicted molar refractivity (Wildman–Crippen MR) is 163 cm³/mol. The van der Waals surface area contributed by atoms with Crippen LogP contribution in [0.2, 0.25) is 0 Å². The molecule has 4 aromatic rings. The molecule has 0 unspecified atom stereocenters. The van der Waals surface area contributed by atoms with Crippen molar-refractivity contribution in [2.45, 2.75) is 33.2 Å². The van der Waals surface area contributed by atoms with Crippen molar-refractivity contribution in [3.63, 3.8) is 0 Å². The minimum atomic E-state index is -0.0842. The van der Waals surface area contributed by atoms with Crippen LogP contribution in [0.4, 0.5) is 0 Å². The van der Waals surface area contributed by atoms with Gasteiger partial charge in [-0.1, -0.05) is 48.5 Å². The highest BCUT2D eigenvalue weighted by Gasteiger charge is 2.25. The smallest absolute Gasteiger partial charge is 0.273 e. The number of nitrogens with zero attached hydrogens (tertiary/aromatic N) is 4. The van der Waals surface area contributed by atoms with E-state index >= 15 is 0 Å². The van der Waals surface area contributed by atoms with Crippen LogP contribution in [-0.4, -0.2) is 64.5 Å². The quantitative estimate of drug-likeness (QED) is 0.255. The lowest BCUT2D eigenvalue weighted by Crippen LogP contribution is -2.50. The summed E-state index contributed by atoms with van der Waals surface area (Å²) in [5.74, 6) is 2.29. The van der Waals surface area contributed by atoms with Crippen molar-refractivity contribution in [3.8, 4) is 17.2 Å². The molecule has 0 atom stereocenters. The van der Waals surface area contributed by atoms with Gasteiger partial charge < -0.3 is 24.0 Å². The van der Waals surface area contributed by atoms with E-state index in [2.05, 4.69) is 35.2 Å². The number of hydrogen-bond acceptors (Lipinski definition) is 8. The molecule has 10 heteroatoms. The van der Waals surface area contributed by atoms with E-state index in [0.717, 1.165) is 38.9 Å². The van der Waals surface area contributed by atoms with Crippen LogP contribution < -0.4 is 14.2 Å². The number of fused-ring (bicyclic) bond motifs is 1. The van der Waals surface area contributed by atoms with Gasteiger partial charge in [-0.3, -0.25) is 14.5 Å². The Labute approximate surface area is 255 Å². The highest BCUT2D eigenvalue weighted by Crippen LogP contribution is 2.33. The zero-order valence-electron chi connectivity index (χ0n) is 24.1. The van der Waals surface area contributed by atoms with Gasteiger partial charge in [0.2, 0.25) is 12.7 Å². The maximum absolute atomic E-state index is 13.2. The van der Waals surface area contributed by atoms with Crippen LogP contribution in [0.1, 0.15) is 39.1 Å². The SMILES string of the molecule is CC(=O)N1CCN(C(=O)c2csc(CN(Cc3ccc(OCc4ccccc4)cc3)Cc3ccc4c(c3)OCO4)n2)CC1. The molecule has 2 amide bonds. The molecular weight excluding hydrogens is 564 g/mol. The molecule has 1 fully saturated rings. The van der Waals surface area contributed by atoms with Crippen LogP contribution in [0, 0.1) is 0 Å². The molecule has 1 aromatic heterocycles. The molecule has 3 aromatic carbocycles. The highest BCUT2D eigenvalue weighted by atomic mass is 32.1. The lowest BCUT2D eigenvalue weighted by molar-refractivity contribution is -0.130. The fraction of sp³-hybridized carbons (Fsp3) is 0.303. The van der Waals surface area contributed by atoms with Gasteiger partial charge in [-0.05, 0) is 41.0 Å². The molecule has 2 aliphatic rings. The van der Waals surface area contributed by atoms with E-state index in [0.29, 0.717) is 58.1 Å². The second-order valence-electron chi connectivity index (χ2n) is 10.7. The van der Waals surface area contributed by atoms with Crippen LogP contribution in [-0.2, 0) is 31.0 Å². The minimum Gasteiger partial charge on any atom is -0.489 e. The fourth-order valence-electron chi connectivity index (χ4n) is 5.21. The van der Waals surface area contributed by atoms with E-state index in [1.165, 1.54) is 11.3 Å². The average molecular weight is 599 g/mol. The van der Waals surface area contributed by atoms with Crippen LogP contribution in [0.3, 0.4) is 0 Å². The van der Waals surface area contributed by atoms with Crippen molar-refractivity contribution in [2.24, 2.45) is 0 Å². The first-order valence-electron chi connectivity index (χ1n) is 14.4. The molecule has 222 valence electrons. The summed E-state index contributed by atoms with van der Waals surface area (Å²) in [6.45, 7) is 6.40. The molecule has 1 saturated heterocycles. The first-order chi connectivity index (χ1) is 21.0. The number of piperazine rings is 1. The largest absolute Gasteiger partial charge is 0.489 e. The molecule has 0 N–H and O–H groups in total. The van der Waals surface area contributed by atoms with Crippen molar-refractivity contribution in [3.05, 3.63) is 106 Å². The van der Waals surface area contributed by atoms with Gasteiger partial charge in [0.25, 0.3) is 5.91 Å². The predicted octanol–water partition coefficient (Wildman–Crippen LogP) is 4.96. The maximum Gasteiger partial charge on any atom is 0.273 e. The van der Waals surface area contributed by atoms with Crippen molar-refractivity contribution in [1.29, 1.82) is 0 Å². The molecular formula is C33H34N4O5S. The molecule has 43 heavy (non-hydrogen) atoms. The van der Waals surface area contributed by atoms with Gasteiger partial charge >= 0.3 is 0 Å².